The highest BCUT2D eigenvalue weighted by molar-refractivity contribution is 6.10. The van der Waals surface area contributed by atoms with Crippen molar-refractivity contribution in [3.8, 4) is 0 Å². The number of para-hydroxylation sites is 1. The Balaban J connectivity index is 1.96. The van der Waals surface area contributed by atoms with Crippen LogP contribution in [0.3, 0.4) is 0 Å². The van der Waals surface area contributed by atoms with Crippen LogP contribution in [0.4, 0.5) is 5.95 Å². The van der Waals surface area contributed by atoms with Crippen LogP contribution in [-0.4, -0.2) is 26.1 Å². The minimum absolute atomic E-state index is 0.294. The van der Waals surface area contributed by atoms with Gasteiger partial charge < -0.3 is 4.98 Å². The van der Waals surface area contributed by atoms with Gasteiger partial charge in [-0.05, 0) is 6.07 Å². The van der Waals surface area contributed by atoms with E-state index in [1.165, 1.54) is 0 Å². The fraction of sp³-hybridized carbons (Fsp3) is 0. The van der Waals surface area contributed by atoms with Crippen molar-refractivity contribution in [2.75, 3.05) is 5.32 Å². The lowest BCUT2D eigenvalue weighted by Crippen LogP contribution is -2.13. The first kappa shape index (κ1) is 9.59. The first-order valence-electron chi connectivity index (χ1n) is 5.08. The van der Waals surface area contributed by atoms with Crippen LogP contribution in [0, 0.1) is 0 Å². The molecule has 84 valence electrons. The number of anilines is 1. The molecule has 1 amide bonds. The van der Waals surface area contributed by atoms with Crippen LogP contribution in [0.1, 0.15) is 10.5 Å². The number of nitrogens with one attached hydrogen (secondary N) is 3. The number of benzene rings is 1. The van der Waals surface area contributed by atoms with Gasteiger partial charge >= 0.3 is 0 Å². The molecule has 2 heterocycles. The summed E-state index contributed by atoms with van der Waals surface area (Å²) in [6, 6.07) is 7.46. The van der Waals surface area contributed by atoms with Crippen molar-refractivity contribution in [2.45, 2.75) is 0 Å². The highest BCUT2D eigenvalue weighted by Crippen LogP contribution is 2.15. The summed E-state index contributed by atoms with van der Waals surface area (Å²) in [6.07, 6.45) is 3.20. The van der Waals surface area contributed by atoms with Gasteiger partial charge in [-0.2, -0.15) is 5.10 Å². The van der Waals surface area contributed by atoms with Gasteiger partial charge in [-0.3, -0.25) is 15.2 Å². The quantitative estimate of drug-likeness (QED) is 0.620. The minimum Gasteiger partial charge on any atom is -0.331 e. The Morgan fingerprint density at radius 2 is 2.18 bits per heavy atom. The molecule has 17 heavy (non-hydrogen) atoms. The van der Waals surface area contributed by atoms with Gasteiger partial charge in [0.2, 0.25) is 5.95 Å². The third-order valence-electron chi connectivity index (χ3n) is 2.42. The maximum atomic E-state index is 11.9. The van der Waals surface area contributed by atoms with Gasteiger partial charge in [0.15, 0.2) is 5.69 Å². The van der Waals surface area contributed by atoms with E-state index >= 15 is 0 Å². The van der Waals surface area contributed by atoms with E-state index in [9.17, 15) is 4.79 Å². The second-order valence-corrected chi connectivity index (χ2v) is 3.51. The summed E-state index contributed by atoms with van der Waals surface area (Å²) in [6.45, 7) is 0. The zero-order valence-corrected chi connectivity index (χ0v) is 8.77. The molecule has 1 aromatic carbocycles. The van der Waals surface area contributed by atoms with Gasteiger partial charge in [0, 0.05) is 17.8 Å². The summed E-state index contributed by atoms with van der Waals surface area (Å²) in [5.41, 5.74) is 1.19. The molecule has 0 fully saturated rings. The molecule has 0 spiro atoms. The van der Waals surface area contributed by atoms with Gasteiger partial charge in [0.05, 0.1) is 5.52 Å². The molecule has 6 heteroatoms. The predicted molar refractivity (Wildman–Crippen MR) is 62.6 cm³/mol. The highest BCUT2D eigenvalue weighted by Gasteiger charge is 2.14. The van der Waals surface area contributed by atoms with Crippen LogP contribution >= 0.6 is 0 Å². The fourth-order valence-electron chi connectivity index (χ4n) is 1.64. The van der Waals surface area contributed by atoms with Gasteiger partial charge in [0.1, 0.15) is 0 Å². The maximum absolute atomic E-state index is 11.9. The van der Waals surface area contributed by atoms with Crippen LogP contribution in [0.15, 0.2) is 36.7 Å². The minimum atomic E-state index is -0.294. The number of hydrogen-bond donors (Lipinski definition) is 3. The molecule has 0 unspecified atom stereocenters. The molecule has 0 bridgehead atoms. The van der Waals surface area contributed by atoms with E-state index in [0.29, 0.717) is 11.6 Å². The number of aromatic nitrogens is 4. The number of nitrogens with zero attached hydrogens (tertiary/aromatic N) is 2. The zero-order valence-electron chi connectivity index (χ0n) is 8.77. The molecule has 0 radical (unpaired) electrons. The van der Waals surface area contributed by atoms with Crippen molar-refractivity contribution in [1.82, 2.24) is 20.2 Å². The molecular formula is C11H9N5O. The smallest absolute Gasteiger partial charge is 0.279 e. The van der Waals surface area contributed by atoms with Gasteiger partial charge in [-0.15, -0.1) is 0 Å². The Hall–Kier alpha value is -2.63. The summed E-state index contributed by atoms with van der Waals surface area (Å²) in [4.78, 5) is 18.7. The van der Waals surface area contributed by atoms with E-state index in [-0.39, 0.29) is 5.91 Å². The second kappa shape index (κ2) is 3.75. The molecular weight excluding hydrogens is 218 g/mol. The van der Waals surface area contributed by atoms with Gasteiger partial charge in [-0.1, -0.05) is 18.2 Å². The number of carbonyl (C=O) groups excluding carboxylic acids is 1. The summed E-state index contributed by atoms with van der Waals surface area (Å²) >= 11 is 0. The van der Waals surface area contributed by atoms with Gasteiger partial charge in [-0.25, -0.2) is 4.98 Å². The molecule has 0 saturated carbocycles. The van der Waals surface area contributed by atoms with Gasteiger partial charge in [0.25, 0.3) is 5.91 Å². The Bertz CT molecular complexity index is 655. The molecule has 0 saturated heterocycles. The summed E-state index contributed by atoms with van der Waals surface area (Å²) in [5.74, 6) is 0.111. The topological polar surface area (TPSA) is 86.5 Å². The molecule has 2 aromatic heterocycles. The predicted octanol–water partition coefficient (Wildman–Crippen LogP) is 1.54. The number of H-pyrrole nitrogens is 2. The second-order valence-electron chi connectivity index (χ2n) is 3.51. The average Bonchev–Trinajstić information content (AvgIpc) is 2.96. The third kappa shape index (κ3) is 1.65. The number of rotatable bonds is 2. The SMILES string of the molecule is O=C(Nc1ncc[nH]1)c1n[nH]c2ccccc12. The molecule has 0 aliphatic heterocycles. The Labute approximate surface area is 96.1 Å². The molecule has 3 rings (SSSR count). The van der Waals surface area contributed by atoms with E-state index in [2.05, 4.69) is 25.5 Å². The number of carbonyl (C=O) groups is 1. The van der Waals surface area contributed by atoms with Crippen LogP contribution in [-0.2, 0) is 0 Å². The summed E-state index contributed by atoms with van der Waals surface area (Å²) in [5, 5.41) is 10.2. The number of hydrogen-bond acceptors (Lipinski definition) is 3. The van der Waals surface area contributed by atoms with Crippen molar-refractivity contribution in [1.29, 1.82) is 0 Å². The Morgan fingerprint density at radius 3 is 3.00 bits per heavy atom. The first-order chi connectivity index (χ1) is 8.34. The fourth-order valence-corrected chi connectivity index (χ4v) is 1.64. The summed E-state index contributed by atoms with van der Waals surface area (Å²) in [7, 11) is 0. The average molecular weight is 227 g/mol. The van der Waals surface area contributed by atoms with Crippen LogP contribution in [0.2, 0.25) is 0 Å². The van der Waals surface area contributed by atoms with E-state index in [1.807, 2.05) is 24.3 Å². The van der Waals surface area contributed by atoms with Crippen LogP contribution in [0.5, 0.6) is 0 Å². The van der Waals surface area contributed by atoms with Crippen molar-refractivity contribution < 1.29 is 4.79 Å². The Kier molecular flexibility index (Phi) is 2.11. The lowest BCUT2D eigenvalue weighted by Gasteiger charge is -1.98. The first-order valence-corrected chi connectivity index (χ1v) is 5.08. The number of aromatic amines is 2. The molecule has 0 atom stereocenters. The number of fused-ring (bicyclic) bond motifs is 1. The van der Waals surface area contributed by atoms with Crippen molar-refractivity contribution in [3.63, 3.8) is 0 Å². The van der Waals surface area contributed by atoms with E-state index in [4.69, 9.17) is 0 Å². The molecule has 3 N–H and O–H groups in total. The van der Waals surface area contributed by atoms with E-state index in [1.54, 1.807) is 12.4 Å². The maximum Gasteiger partial charge on any atom is 0.279 e. The van der Waals surface area contributed by atoms with E-state index < -0.39 is 0 Å². The highest BCUT2D eigenvalue weighted by atomic mass is 16.2. The largest absolute Gasteiger partial charge is 0.331 e. The lowest BCUT2D eigenvalue weighted by atomic mass is 10.2. The Morgan fingerprint density at radius 1 is 1.29 bits per heavy atom. The monoisotopic (exact) mass is 227 g/mol. The molecule has 0 aliphatic rings. The molecule has 3 aromatic rings. The number of imidazole rings is 1. The van der Waals surface area contributed by atoms with Crippen LogP contribution in [0.25, 0.3) is 10.9 Å². The van der Waals surface area contributed by atoms with Crippen LogP contribution < -0.4 is 5.32 Å². The van der Waals surface area contributed by atoms with E-state index in [0.717, 1.165) is 10.9 Å². The lowest BCUT2D eigenvalue weighted by molar-refractivity contribution is 0.102. The third-order valence-corrected chi connectivity index (χ3v) is 2.42. The number of amides is 1. The zero-order chi connectivity index (χ0) is 11.7. The molecule has 0 aliphatic carbocycles. The standard InChI is InChI=1S/C11H9N5O/c17-10(14-11-12-5-6-13-11)9-7-3-1-2-4-8(7)15-16-9/h1-6H,(H,15,16)(H2,12,13,14,17). The van der Waals surface area contributed by atoms with Crippen molar-refractivity contribution in [2.24, 2.45) is 0 Å². The van der Waals surface area contributed by atoms with Crippen molar-refractivity contribution >= 4 is 22.8 Å². The normalized spacial score (nSPS) is 10.6. The van der Waals surface area contributed by atoms with Crippen molar-refractivity contribution in [3.05, 3.63) is 42.4 Å². The summed E-state index contributed by atoms with van der Waals surface area (Å²) < 4.78 is 0. The molecule has 6 nitrogen and oxygen atoms in total.